The molecule has 144 valence electrons. The molecule has 0 amide bonds. The average Bonchev–Trinajstić information content (AvgIpc) is 2.67. The van der Waals surface area contributed by atoms with Crippen LogP contribution in [0.4, 0.5) is 0 Å². The number of halogens is 2. The summed E-state index contributed by atoms with van der Waals surface area (Å²) in [5, 5.41) is 0.495. The van der Waals surface area contributed by atoms with Gasteiger partial charge >= 0.3 is 5.97 Å². The molecule has 0 aromatic heterocycles. The second-order valence-corrected chi connectivity index (χ2v) is 6.09. The van der Waals surface area contributed by atoms with Gasteiger partial charge in [0.2, 0.25) is 0 Å². The zero-order valence-corrected chi connectivity index (χ0v) is 16.5. The predicted molar refractivity (Wildman–Crippen MR) is 102 cm³/mol. The Kier molecular flexibility index (Phi) is 7.33. The van der Waals surface area contributed by atoms with Crippen LogP contribution in [-0.4, -0.2) is 39.2 Å². The Labute approximate surface area is 166 Å². The van der Waals surface area contributed by atoms with Crippen molar-refractivity contribution >= 4 is 35.0 Å². The first-order chi connectivity index (χ1) is 12.9. The topological polar surface area (TPSA) is 71.1 Å². The Balaban J connectivity index is 2.10. The lowest BCUT2D eigenvalue weighted by Crippen LogP contribution is -2.14. The number of rotatable bonds is 8. The van der Waals surface area contributed by atoms with E-state index in [2.05, 4.69) is 0 Å². The number of hydrogen-bond donors (Lipinski definition) is 0. The lowest BCUT2D eigenvalue weighted by molar-refractivity contribution is 0.0474. The molecule has 2 rings (SSSR count). The molecule has 2 aromatic carbocycles. The summed E-state index contributed by atoms with van der Waals surface area (Å²) in [7, 11) is 2.90. The van der Waals surface area contributed by atoms with E-state index in [0.717, 1.165) is 0 Å². The Morgan fingerprint density at radius 2 is 1.59 bits per heavy atom. The van der Waals surface area contributed by atoms with Crippen LogP contribution >= 0.6 is 23.2 Å². The normalized spacial score (nSPS) is 10.3. The molecule has 0 bridgehead atoms. The number of carbonyl (C=O) groups is 2. The third kappa shape index (κ3) is 5.05. The van der Waals surface area contributed by atoms with Gasteiger partial charge in [-0.2, -0.15) is 0 Å². The van der Waals surface area contributed by atoms with E-state index in [1.807, 2.05) is 0 Å². The smallest absolute Gasteiger partial charge is 0.338 e. The number of ketones is 1. The van der Waals surface area contributed by atoms with Crippen molar-refractivity contribution in [3.8, 4) is 17.2 Å². The van der Waals surface area contributed by atoms with Gasteiger partial charge in [-0.1, -0.05) is 23.2 Å². The monoisotopic (exact) mass is 412 g/mol. The maximum atomic E-state index is 12.3. The summed E-state index contributed by atoms with van der Waals surface area (Å²) in [4.78, 5) is 24.5. The standard InChI is InChI=1S/C19H18Cl2O6/c1-4-26-18-14(21)8-12(9-17(18)25-3)19(23)27-10-15(22)11-5-6-16(24-2)13(20)7-11/h5-9H,4,10H2,1-3H3. The highest BCUT2D eigenvalue weighted by atomic mass is 35.5. The third-order valence-corrected chi connectivity index (χ3v) is 4.14. The maximum absolute atomic E-state index is 12.3. The Morgan fingerprint density at radius 3 is 2.19 bits per heavy atom. The molecule has 2 aromatic rings. The zero-order chi connectivity index (χ0) is 20.0. The number of methoxy groups -OCH3 is 2. The molecule has 0 saturated heterocycles. The summed E-state index contributed by atoms with van der Waals surface area (Å²) in [6.45, 7) is 1.74. The first kappa shape index (κ1) is 20.9. The van der Waals surface area contributed by atoms with Crippen LogP contribution in [0.5, 0.6) is 17.2 Å². The van der Waals surface area contributed by atoms with Crippen molar-refractivity contribution in [2.24, 2.45) is 0 Å². The number of carbonyl (C=O) groups excluding carboxylic acids is 2. The van der Waals surface area contributed by atoms with E-state index in [9.17, 15) is 9.59 Å². The second-order valence-electron chi connectivity index (χ2n) is 5.27. The number of hydrogen-bond acceptors (Lipinski definition) is 6. The minimum Gasteiger partial charge on any atom is -0.495 e. The lowest BCUT2D eigenvalue weighted by atomic mass is 10.1. The molecule has 0 spiro atoms. The molecule has 27 heavy (non-hydrogen) atoms. The minimum atomic E-state index is -0.716. The molecule has 0 aliphatic heterocycles. The largest absolute Gasteiger partial charge is 0.495 e. The highest BCUT2D eigenvalue weighted by Gasteiger charge is 2.18. The molecule has 0 fully saturated rings. The van der Waals surface area contributed by atoms with E-state index in [1.165, 1.54) is 38.5 Å². The van der Waals surface area contributed by atoms with Gasteiger partial charge in [-0.3, -0.25) is 4.79 Å². The highest BCUT2D eigenvalue weighted by Crippen LogP contribution is 2.36. The summed E-state index contributed by atoms with van der Waals surface area (Å²) in [5.41, 5.74) is 0.441. The van der Waals surface area contributed by atoms with Crippen LogP contribution in [0.1, 0.15) is 27.6 Å². The van der Waals surface area contributed by atoms with Crippen molar-refractivity contribution in [1.82, 2.24) is 0 Å². The van der Waals surface area contributed by atoms with E-state index in [1.54, 1.807) is 13.0 Å². The van der Waals surface area contributed by atoms with Gasteiger partial charge in [0.25, 0.3) is 0 Å². The molecule has 0 saturated carbocycles. The average molecular weight is 413 g/mol. The van der Waals surface area contributed by atoms with E-state index in [-0.39, 0.29) is 15.6 Å². The number of benzene rings is 2. The molecule has 0 aliphatic rings. The number of esters is 1. The van der Waals surface area contributed by atoms with Gasteiger partial charge in [0.1, 0.15) is 5.75 Å². The van der Waals surface area contributed by atoms with Gasteiger partial charge in [0.15, 0.2) is 23.9 Å². The SMILES string of the molecule is CCOc1c(Cl)cc(C(=O)OCC(=O)c2ccc(OC)c(Cl)c2)cc1OC. The van der Waals surface area contributed by atoms with Gasteiger partial charge in [-0.25, -0.2) is 4.79 Å². The first-order valence-electron chi connectivity index (χ1n) is 7.95. The van der Waals surface area contributed by atoms with E-state index >= 15 is 0 Å². The van der Waals surface area contributed by atoms with Crippen molar-refractivity contribution in [3.05, 3.63) is 51.5 Å². The summed E-state index contributed by atoms with van der Waals surface area (Å²) >= 11 is 12.1. The van der Waals surface area contributed by atoms with Gasteiger partial charge < -0.3 is 18.9 Å². The molecule has 0 heterocycles. The van der Waals surface area contributed by atoms with Crippen LogP contribution in [0.15, 0.2) is 30.3 Å². The van der Waals surface area contributed by atoms with Crippen LogP contribution in [0.25, 0.3) is 0 Å². The Morgan fingerprint density at radius 1 is 0.926 bits per heavy atom. The molecule has 6 nitrogen and oxygen atoms in total. The summed E-state index contributed by atoms with van der Waals surface area (Å²) in [5.74, 6) is -0.0452. The van der Waals surface area contributed by atoms with Gasteiger partial charge in [0.05, 0.1) is 36.4 Å². The fraction of sp³-hybridized carbons (Fsp3) is 0.263. The molecule has 0 atom stereocenters. The minimum absolute atomic E-state index is 0.140. The first-order valence-corrected chi connectivity index (χ1v) is 8.71. The van der Waals surface area contributed by atoms with Gasteiger partial charge in [-0.05, 0) is 37.3 Å². The lowest BCUT2D eigenvalue weighted by Gasteiger charge is -2.13. The van der Waals surface area contributed by atoms with Crippen LogP contribution in [0.2, 0.25) is 10.0 Å². The van der Waals surface area contributed by atoms with Crippen molar-refractivity contribution in [2.75, 3.05) is 27.4 Å². The van der Waals surface area contributed by atoms with E-state index < -0.39 is 18.4 Å². The molecular formula is C19H18Cl2O6. The van der Waals surface area contributed by atoms with E-state index in [4.69, 9.17) is 42.1 Å². The zero-order valence-electron chi connectivity index (χ0n) is 15.0. The molecular weight excluding hydrogens is 395 g/mol. The predicted octanol–water partition coefficient (Wildman–Crippen LogP) is 4.45. The summed E-state index contributed by atoms with van der Waals surface area (Å²) < 4.78 is 20.7. The van der Waals surface area contributed by atoms with Crippen molar-refractivity contribution in [1.29, 1.82) is 0 Å². The molecule has 0 N–H and O–H groups in total. The molecule has 0 aliphatic carbocycles. The third-order valence-electron chi connectivity index (χ3n) is 3.56. The maximum Gasteiger partial charge on any atom is 0.338 e. The highest BCUT2D eigenvalue weighted by molar-refractivity contribution is 6.33. The molecule has 0 radical (unpaired) electrons. The second kappa shape index (κ2) is 9.48. The number of ether oxygens (including phenoxy) is 4. The van der Waals surface area contributed by atoms with Crippen LogP contribution in [0.3, 0.4) is 0 Å². The van der Waals surface area contributed by atoms with Gasteiger partial charge in [-0.15, -0.1) is 0 Å². The van der Waals surface area contributed by atoms with Gasteiger partial charge in [0, 0.05) is 5.56 Å². The van der Waals surface area contributed by atoms with Crippen LogP contribution < -0.4 is 14.2 Å². The summed E-state index contributed by atoms with van der Waals surface area (Å²) in [6, 6.07) is 7.39. The Bertz CT molecular complexity index is 850. The van der Waals surface area contributed by atoms with Crippen molar-refractivity contribution < 1.29 is 28.5 Å². The fourth-order valence-corrected chi connectivity index (χ4v) is 2.78. The fourth-order valence-electron chi connectivity index (χ4n) is 2.26. The van der Waals surface area contributed by atoms with Crippen molar-refractivity contribution in [2.45, 2.75) is 6.92 Å². The Hall–Kier alpha value is -2.44. The summed E-state index contributed by atoms with van der Waals surface area (Å²) in [6.07, 6.45) is 0. The van der Waals surface area contributed by atoms with Crippen LogP contribution in [-0.2, 0) is 4.74 Å². The quantitative estimate of drug-likeness (QED) is 0.471. The van der Waals surface area contributed by atoms with Crippen molar-refractivity contribution in [3.63, 3.8) is 0 Å². The molecule has 0 unspecified atom stereocenters. The van der Waals surface area contributed by atoms with E-state index in [0.29, 0.717) is 29.4 Å². The molecule has 8 heteroatoms. The number of Topliss-reactive ketones (excluding diaryl/α,β-unsaturated/α-hetero) is 1. The van der Waals surface area contributed by atoms with Crippen LogP contribution in [0, 0.1) is 0 Å².